The van der Waals surface area contributed by atoms with Crippen molar-refractivity contribution in [3.8, 4) is 0 Å². The minimum atomic E-state index is -2.42. The molecule has 0 saturated carbocycles. The van der Waals surface area contributed by atoms with Gasteiger partial charge in [-0.05, 0) is 37.9 Å². The predicted molar refractivity (Wildman–Crippen MR) is 77.8 cm³/mol. The molecule has 1 aliphatic heterocycles. The van der Waals surface area contributed by atoms with Crippen LogP contribution in [0.25, 0.3) is 0 Å². The van der Waals surface area contributed by atoms with E-state index in [0.717, 1.165) is 24.9 Å². The standard InChI is InChI=1S/C16H24F2N2/c1-12-6-3-2-4-9-20(12)15(11-19)13-7-5-8-14(10-13)16(17)18/h5,7-8,10,12,15-16H,2-4,6,9,11,19H2,1H3. The van der Waals surface area contributed by atoms with E-state index in [1.807, 2.05) is 6.07 Å². The molecule has 0 aliphatic carbocycles. The molecule has 1 saturated heterocycles. The summed E-state index contributed by atoms with van der Waals surface area (Å²) < 4.78 is 25.7. The third-order valence-electron chi connectivity index (χ3n) is 4.28. The maximum absolute atomic E-state index is 12.9. The third kappa shape index (κ3) is 3.55. The Morgan fingerprint density at radius 1 is 1.25 bits per heavy atom. The summed E-state index contributed by atoms with van der Waals surface area (Å²) in [6.07, 6.45) is 2.39. The first-order valence-electron chi connectivity index (χ1n) is 7.47. The highest BCUT2D eigenvalue weighted by Crippen LogP contribution is 2.29. The Morgan fingerprint density at radius 3 is 2.70 bits per heavy atom. The summed E-state index contributed by atoms with van der Waals surface area (Å²) in [4.78, 5) is 2.39. The van der Waals surface area contributed by atoms with Crippen LogP contribution in [0.4, 0.5) is 8.78 Å². The molecule has 112 valence electrons. The molecule has 0 aromatic heterocycles. The van der Waals surface area contributed by atoms with Crippen molar-refractivity contribution < 1.29 is 8.78 Å². The van der Waals surface area contributed by atoms with E-state index < -0.39 is 6.43 Å². The van der Waals surface area contributed by atoms with Crippen molar-refractivity contribution in [1.29, 1.82) is 0 Å². The molecular formula is C16H24F2N2. The van der Waals surface area contributed by atoms with Gasteiger partial charge in [0.25, 0.3) is 6.43 Å². The van der Waals surface area contributed by atoms with E-state index in [1.54, 1.807) is 12.1 Å². The lowest BCUT2D eigenvalue weighted by Crippen LogP contribution is -2.39. The van der Waals surface area contributed by atoms with Crippen molar-refractivity contribution in [3.05, 3.63) is 35.4 Å². The zero-order valence-corrected chi connectivity index (χ0v) is 12.1. The second kappa shape index (κ2) is 7.14. The summed E-state index contributed by atoms with van der Waals surface area (Å²) in [5.41, 5.74) is 6.95. The first kappa shape index (κ1) is 15.4. The van der Waals surface area contributed by atoms with Gasteiger partial charge in [-0.3, -0.25) is 4.90 Å². The molecule has 4 heteroatoms. The number of hydrogen-bond acceptors (Lipinski definition) is 2. The number of benzene rings is 1. The fourth-order valence-electron chi connectivity index (χ4n) is 3.13. The maximum atomic E-state index is 12.9. The Bertz CT molecular complexity index is 423. The van der Waals surface area contributed by atoms with Crippen molar-refractivity contribution in [1.82, 2.24) is 4.90 Å². The van der Waals surface area contributed by atoms with E-state index in [4.69, 9.17) is 5.73 Å². The molecule has 2 N–H and O–H groups in total. The molecule has 1 fully saturated rings. The number of hydrogen-bond donors (Lipinski definition) is 1. The van der Waals surface area contributed by atoms with Crippen molar-refractivity contribution in [3.63, 3.8) is 0 Å². The minimum Gasteiger partial charge on any atom is -0.329 e. The Kier molecular flexibility index (Phi) is 5.49. The van der Waals surface area contributed by atoms with E-state index in [-0.39, 0.29) is 11.6 Å². The summed E-state index contributed by atoms with van der Waals surface area (Å²) in [7, 11) is 0. The molecule has 1 aliphatic rings. The number of nitrogens with two attached hydrogens (primary N) is 1. The SMILES string of the molecule is CC1CCCCCN1C(CN)c1cccc(C(F)F)c1. The number of rotatable bonds is 4. The Balaban J connectivity index is 2.24. The van der Waals surface area contributed by atoms with Gasteiger partial charge in [-0.25, -0.2) is 8.78 Å². The van der Waals surface area contributed by atoms with E-state index in [2.05, 4.69) is 11.8 Å². The zero-order valence-electron chi connectivity index (χ0n) is 12.1. The quantitative estimate of drug-likeness (QED) is 0.908. The fourth-order valence-corrected chi connectivity index (χ4v) is 3.13. The summed E-state index contributed by atoms with van der Waals surface area (Å²) in [5, 5.41) is 0. The molecule has 1 aromatic carbocycles. The van der Waals surface area contributed by atoms with E-state index in [1.165, 1.54) is 18.9 Å². The molecule has 0 amide bonds. The molecule has 1 heterocycles. The number of alkyl halides is 2. The van der Waals surface area contributed by atoms with Gasteiger partial charge in [-0.2, -0.15) is 0 Å². The fraction of sp³-hybridized carbons (Fsp3) is 0.625. The highest BCUT2D eigenvalue weighted by Gasteiger charge is 2.25. The average molecular weight is 282 g/mol. The molecular weight excluding hydrogens is 258 g/mol. The van der Waals surface area contributed by atoms with Crippen LogP contribution in [0.2, 0.25) is 0 Å². The van der Waals surface area contributed by atoms with Gasteiger partial charge in [0.1, 0.15) is 0 Å². The van der Waals surface area contributed by atoms with Gasteiger partial charge in [-0.1, -0.05) is 31.0 Å². The summed E-state index contributed by atoms with van der Waals surface area (Å²) in [6, 6.07) is 7.22. The van der Waals surface area contributed by atoms with Gasteiger partial charge in [-0.15, -0.1) is 0 Å². The molecule has 1 aromatic rings. The molecule has 2 unspecified atom stereocenters. The van der Waals surface area contributed by atoms with Gasteiger partial charge in [0.2, 0.25) is 0 Å². The normalized spacial score (nSPS) is 22.8. The lowest BCUT2D eigenvalue weighted by molar-refractivity contribution is 0.145. The second-order valence-corrected chi connectivity index (χ2v) is 5.66. The first-order valence-corrected chi connectivity index (χ1v) is 7.47. The highest BCUT2D eigenvalue weighted by atomic mass is 19.3. The zero-order chi connectivity index (χ0) is 14.5. The van der Waals surface area contributed by atoms with Gasteiger partial charge in [0.15, 0.2) is 0 Å². The largest absolute Gasteiger partial charge is 0.329 e. The van der Waals surface area contributed by atoms with Crippen LogP contribution in [-0.2, 0) is 0 Å². The van der Waals surface area contributed by atoms with Crippen LogP contribution >= 0.6 is 0 Å². The van der Waals surface area contributed by atoms with Gasteiger partial charge in [0.05, 0.1) is 0 Å². The van der Waals surface area contributed by atoms with Gasteiger partial charge < -0.3 is 5.73 Å². The summed E-state index contributed by atoms with van der Waals surface area (Å²) in [5.74, 6) is 0. The lowest BCUT2D eigenvalue weighted by atomic mass is 10.0. The van der Waals surface area contributed by atoms with E-state index in [0.29, 0.717) is 12.6 Å². The topological polar surface area (TPSA) is 29.3 Å². The van der Waals surface area contributed by atoms with Crippen LogP contribution in [0, 0.1) is 0 Å². The van der Waals surface area contributed by atoms with Crippen LogP contribution in [0.1, 0.15) is 56.2 Å². The van der Waals surface area contributed by atoms with Crippen LogP contribution in [0.15, 0.2) is 24.3 Å². The number of halogens is 2. The van der Waals surface area contributed by atoms with Gasteiger partial charge >= 0.3 is 0 Å². The first-order chi connectivity index (χ1) is 9.63. The molecule has 0 spiro atoms. The average Bonchev–Trinajstić information content (AvgIpc) is 2.66. The third-order valence-corrected chi connectivity index (χ3v) is 4.28. The predicted octanol–water partition coefficient (Wildman–Crippen LogP) is 3.89. The Hall–Kier alpha value is -1.00. The van der Waals surface area contributed by atoms with Crippen molar-refractivity contribution >= 4 is 0 Å². The number of nitrogens with zero attached hydrogens (tertiary/aromatic N) is 1. The maximum Gasteiger partial charge on any atom is 0.263 e. The number of likely N-dealkylation sites (tertiary alicyclic amines) is 1. The molecule has 0 bridgehead atoms. The Morgan fingerprint density at radius 2 is 2.00 bits per heavy atom. The molecule has 0 radical (unpaired) electrons. The molecule has 20 heavy (non-hydrogen) atoms. The molecule has 2 rings (SSSR count). The smallest absolute Gasteiger partial charge is 0.263 e. The van der Waals surface area contributed by atoms with Crippen molar-refractivity contribution in [2.75, 3.05) is 13.1 Å². The second-order valence-electron chi connectivity index (χ2n) is 5.66. The van der Waals surface area contributed by atoms with Crippen LogP contribution in [-0.4, -0.2) is 24.0 Å². The van der Waals surface area contributed by atoms with Gasteiger partial charge in [0, 0.05) is 24.2 Å². The summed E-state index contributed by atoms with van der Waals surface area (Å²) >= 11 is 0. The van der Waals surface area contributed by atoms with E-state index in [9.17, 15) is 8.78 Å². The summed E-state index contributed by atoms with van der Waals surface area (Å²) in [6.45, 7) is 3.68. The van der Waals surface area contributed by atoms with Crippen LogP contribution in [0.3, 0.4) is 0 Å². The molecule has 2 nitrogen and oxygen atoms in total. The van der Waals surface area contributed by atoms with Crippen LogP contribution < -0.4 is 5.73 Å². The minimum absolute atomic E-state index is 0.0433. The highest BCUT2D eigenvalue weighted by molar-refractivity contribution is 5.27. The van der Waals surface area contributed by atoms with E-state index >= 15 is 0 Å². The van der Waals surface area contributed by atoms with Crippen LogP contribution in [0.5, 0.6) is 0 Å². The van der Waals surface area contributed by atoms with Crippen molar-refractivity contribution in [2.24, 2.45) is 5.73 Å². The van der Waals surface area contributed by atoms with Crippen molar-refractivity contribution in [2.45, 2.75) is 51.1 Å². The monoisotopic (exact) mass is 282 g/mol. The molecule has 2 atom stereocenters. The Labute approximate surface area is 120 Å². The lowest BCUT2D eigenvalue weighted by Gasteiger charge is -2.35.